The first-order chi connectivity index (χ1) is 18.4. The molecule has 0 atom stereocenters. The number of nitriles is 1. The standard InChI is InChI=1S/C32H35N5O/c1-21(2)20-34-30-11-10-26-17-29(35-31(26)36-30)18-28-16-27(7-4-22(28)3)32(38)37-14-12-25(13-15-37)24-8-5-23(19-33)6-9-24/h4-11,16,21,25H,12-15,17-18,20H2,1-3H3,(H,34,36). The third-order valence-electron chi connectivity index (χ3n) is 7.59. The van der Waals surface area contributed by atoms with Crippen molar-refractivity contribution in [3.8, 4) is 6.07 Å². The molecule has 0 bridgehead atoms. The Morgan fingerprint density at radius 1 is 1.11 bits per heavy atom. The van der Waals surface area contributed by atoms with Crippen LogP contribution in [-0.4, -0.2) is 41.1 Å². The molecule has 2 aliphatic rings. The van der Waals surface area contributed by atoms with E-state index in [0.29, 0.717) is 17.4 Å². The molecule has 0 spiro atoms. The Morgan fingerprint density at radius 3 is 2.58 bits per heavy atom. The van der Waals surface area contributed by atoms with Crippen molar-refractivity contribution in [3.63, 3.8) is 0 Å². The van der Waals surface area contributed by atoms with Crippen molar-refractivity contribution in [1.82, 2.24) is 9.88 Å². The second-order valence-corrected chi connectivity index (χ2v) is 10.9. The number of fused-ring (bicyclic) bond motifs is 1. The van der Waals surface area contributed by atoms with Gasteiger partial charge in [0.05, 0.1) is 11.6 Å². The van der Waals surface area contributed by atoms with Crippen LogP contribution < -0.4 is 5.32 Å². The number of likely N-dealkylation sites (tertiary alicyclic amines) is 1. The predicted molar refractivity (Wildman–Crippen MR) is 152 cm³/mol. The van der Waals surface area contributed by atoms with Gasteiger partial charge in [-0.25, -0.2) is 9.98 Å². The summed E-state index contributed by atoms with van der Waals surface area (Å²) in [6.45, 7) is 8.83. The topological polar surface area (TPSA) is 81.4 Å². The summed E-state index contributed by atoms with van der Waals surface area (Å²) in [4.78, 5) is 24.9. The molecule has 1 saturated heterocycles. The molecule has 1 fully saturated rings. The van der Waals surface area contributed by atoms with E-state index in [1.165, 1.54) is 11.1 Å². The summed E-state index contributed by atoms with van der Waals surface area (Å²) < 4.78 is 0. The number of piperidine rings is 1. The van der Waals surface area contributed by atoms with E-state index < -0.39 is 0 Å². The van der Waals surface area contributed by atoms with Gasteiger partial charge in [-0.1, -0.05) is 38.1 Å². The second kappa shape index (κ2) is 11.2. The van der Waals surface area contributed by atoms with Gasteiger partial charge in [-0.15, -0.1) is 0 Å². The fraction of sp³-hybridized carbons (Fsp3) is 0.375. The number of hydrogen-bond donors (Lipinski definition) is 1. The SMILES string of the molecule is Cc1ccc(C(=O)N2CCC(c3ccc(C#N)cc3)CC2)cc1CC1=Nc2nc(NCC(C)C)ccc2C1. The summed E-state index contributed by atoms with van der Waals surface area (Å²) >= 11 is 0. The predicted octanol–water partition coefficient (Wildman–Crippen LogP) is 6.22. The molecule has 3 heterocycles. The van der Waals surface area contributed by atoms with Crippen LogP contribution in [0.15, 0.2) is 59.6 Å². The first-order valence-electron chi connectivity index (χ1n) is 13.6. The minimum absolute atomic E-state index is 0.101. The number of aryl methyl sites for hydroxylation is 1. The van der Waals surface area contributed by atoms with Crippen molar-refractivity contribution in [1.29, 1.82) is 5.26 Å². The minimum atomic E-state index is 0.101. The molecular weight excluding hydrogens is 470 g/mol. The molecule has 6 nitrogen and oxygen atoms in total. The fourth-order valence-corrected chi connectivity index (χ4v) is 5.27. The maximum absolute atomic E-state index is 13.4. The number of nitrogens with one attached hydrogen (secondary N) is 1. The highest BCUT2D eigenvalue weighted by molar-refractivity contribution is 5.97. The second-order valence-electron chi connectivity index (χ2n) is 10.9. The maximum atomic E-state index is 13.4. The lowest BCUT2D eigenvalue weighted by molar-refractivity contribution is 0.0713. The molecule has 2 aromatic carbocycles. The van der Waals surface area contributed by atoms with Gasteiger partial charge in [0, 0.05) is 49.3 Å². The summed E-state index contributed by atoms with van der Waals surface area (Å²) in [6, 6.07) is 20.3. The van der Waals surface area contributed by atoms with Crippen LogP contribution in [0.25, 0.3) is 0 Å². The molecule has 5 rings (SSSR count). The molecule has 0 unspecified atom stereocenters. The Bertz CT molecular complexity index is 1390. The Balaban J connectivity index is 1.22. The number of anilines is 1. The zero-order chi connectivity index (χ0) is 26.6. The highest BCUT2D eigenvalue weighted by atomic mass is 16.2. The number of carbonyl (C=O) groups is 1. The smallest absolute Gasteiger partial charge is 0.253 e. The van der Waals surface area contributed by atoms with E-state index in [4.69, 9.17) is 15.2 Å². The molecule has 3 aromatic rings. The third-order valence-corrected chi connectivity index (χ3v) is 7.59. The molecule has 0 radical (unpaired) electrons. The van der Waals surface area contributed by atoms with Crippen molar-refractivity contribution in [3.05, 3.63) is 88.0 Å². The zero-order valence-corrected chi connectivity index (χ0v) is 22.5. The fourth-order valence-electron chi connectivity index (χ4n) is 5.27. The molecule has 194 valence electrons. The molecule has 1 aromatic heterocycles. The van der Waals surface area contributed by atoms with Crippen molar-refractivity contribution < 1.29 is 4.79 Å². The van der Waals surface area contributed by atoms with Gasteiger partial charge in [0.25, 0.3) is 5.91 Å². The van der Waals surface area contributed by atoms with Gasteiger partial charge < -0.3 is 10.2 Å². The van der Waals surface area contributed by atoms with Crippen molar-refractivity contribution in [2.45, 2.75) is 52.4 Å². The van der Waals surface area contributed by atoms with Crippen LogP contribution in [0.4, 0.5) is 11.6 Å². The molecule has 1 N–H and O–H groups in total. The molecule has 6 heteroatoms. The van der Waals surface area contributed by atoms with Crippen LogP contribution in [0.3, 0.4) is 0 Å². The van der Waals surface area contributed by atoms with Crippen LogP contribution >= 0.6 is 0 Å². The van der Waals surface area contributed by atoms with E-state index in [1.807, 2.05) is 29.2 Å². The number of hydrogen-bond acceptors (Lipinski definition) is 5. The van der Waals surface area contributed by atoms with Crippen molar-refractivity contribution in [2.75, 3.05) is 25.0 Å². The number of aromatic nitrogens is 1. The molecule has 0 aliphatic carbocycles. The summed E-state index contributed by atoms with van der Waals surface area (Å²) in [7, 11) is 0. The summed E-state index contributed by atoms with van der Waals surface area (Å²) in [5.74, 6) is 2.76. The van der Waals surface area contributed by atoms with Gasteiger partial charge in [-0.2, -0.15) is 5.26 Å². The molecule has 1 amide bonds. The van der Waals surface area contributed by atoms with E-state index in [1.54, 1.807) is 0 Å². The molecule has 2 aliphatic heterocycles. The number of benzene rings is 2. The average molecular weight is 506 g/mol. The quantitative estimate of drug-likeness (QED) is 0.413. The van der Waals surface area contributed by atoms with Crippen molar-refractivity contribution in [2.24, 2.45) is 10.9 Å². The molecule has 0 saturated carbocycles. The Morgan fingerprint density at radius 2 is 1.87 bits per heavy atom. The summed E-state index contributed by atoms with van der Waals surface area (Å²) in [6.07, 6.45) is 3.39. The number of aliphatic imine (C=N–C) groups is 1. The largest absolute Gasteiger partial charge is 0.370 e. The highest BCUT2D eigenvalue weighted by Gasteiger charge is 2.25. The van der Waals surface area contributed by atoms with Gasteiger partial charge >= 0.3 is 0 Å². The normalized spacial score (nSPS) is 15.2. The van der Waals surface area contributed by atoms with Crippen LogP contribution in [0.2, 0.25) is 0 Å². The van der Waals surface area contributed by atoms with Crippen LogP contribution in [0.5, 0.6) is 0 Å². The number of carbonyl (C=O) groups excluding carboxylic acids is 1. The van der Waals surface area contributed by atoms with Crippen LogP contribution in [0, 0.1) is 24.2 Å². The highest BCUT2D eigenvalue weighted by Crippen LogP contribution is 2.30. The zero-order valence-electron chi connectivity index (χ0n) is 22.5. The van der Waals surface area contributed by atoms with Crippen LogP contribution in [0.1, 0.15) is 70.8 Å². The Kier molecular flexibility index (Phi) is 7.55. The Labute approximate surface area is 225 Å². The average Bonchev–Trinajstić information content (AvgIpc) is 3.34. The van der Waals surface area contributed by atoms with E-state index in [9.17, 15) is 4.79 Å². The first kappa shape index (κ1) is 25.7. The van der Waals surface area contributed by atoms with E-state index >= 15 is 0 Å². The monoisotopic (exact) mass is 505 g/mol. The summed E-state index contributed by atoms with van der Waals surface area (Å²) in [5.41, 5.74) is 7.25. The lowest BCUT2D eigenvalue weighted by Crippen LogP contribution is -2.38. The Hall–Kier alpha value is -3.98. The third kappa shape index (κ3) is 5.78. The van der Waals surface area contributed by atoms with Crippen molar-refractivity contribution >= 4 is 23.3 Å². The van der Waals surface area contributed by atoms with E-state index in [-0.39, 0.29) is 5.91 Å². The van der Waals surface area contributed by atoms with Gasteiger partial charge in [0.2, 0.25) is 0 Å². The van der Waals surface area contributed by atoms with E-state index in [2.05, 4.69) is 62.5 Å². The number of rotatable bonds is 7. The molecule has 38 heavy (non-hydrogen) atoms. The first-order valence-corrected chi connectivity index (χ1v) is 13.6. The molecular formula is C32H35N5O. The van der Waals surface area contributed by atoms with Gasteiger partial charge in [-0.3, -0.25) is 4.79 Å². The maximum Gasteiger partial charge on any atom is 0.253 e. The van der Waals surface area contributed by atoms with Gasteiger partial charge in [0.1, 0.15) is 5.82 Å². The van der Waals surface area contributed by atoms with Crippen LogP contribution in [-0.2, 0) is 12.8 Å². The minimum Gasteiger partial charge on any atom is -0.370 e. The van der Waals surface area contributed by atoms with Gasteiger partial charge in [0.15, 0.2) is 5.82 Å². The number of nitrogens with zero attached hydrogens (tertiary/aromatic N) is 4. The lowest BCUT2D eigenvalue weighted by atomic mass is 9.88. The number of pyridine rings is 1. The van der Waals surface area contributed by atoms with Gasteiger partial charge in [-0.05, 0) is 78.6 Å². The summed E-state index contributed by atoms with van der Waals surface area (Å²) in [5, 5.41) is 12.4. The lowest BCUT2D eigenvalue weighted by Gasteiger charge is -2.32. The number of amides is 1. The van der Waals surface area contributed by atoms with E-state index in [0.717, 1.165) is 79.4 Å².